The van der Waals surface area contributed by atoms with Gasteiger partial charge in [0.25, 0.3) is 5.91 Å². The third-order valence-electron chi connectivity index (χ3n) is 6.26. The van der Waals surface area contributed by atoms with Gasteiger partial charge < -0.3 is 19.1 Å². The molecule has 178 valence electrons. The van der Waals surface area contributed by atoms with Crippen molar-refractivity contribution >= 4 is 17.5 Å². The van der Waals surface area contributed by atoms with Gasteiger partial charge in [0, 0.05) is 34.3 Å². The number of methoxy groups -OCH3 is 3. The molecule has 0 aliphatic carbocycles. The first kappa shape index (κ1) is 22.8. The Morgan fingerprint density at radius 2 is 1.66 bits per heavy atom. The van der Waals surface area contributed by atoms with Crippen LogP contribution in [0.5, 0.6) is 17.2 Å². The van der Waals surface area contributed by atoms with Crippen LogP contribution in [0, 0.1) is 0 Å². The minimum atomic E-state index is -0.453. The fraction of sp³-hybridized carbons (Fsp3) is 0.185. The summed E-state index contributed by atoms with van der Waals surface area (Å²) in [4.78, 5) is 15.5. The van der Waals surface area contributed by atoms with Gasteiger partial charge in [-0.2, -0.15) is 5.10 Å². The van der Waals surface area contributed by atoms with Gasteiger partial charge in [-0.05, 0) is 48.0 Å². The number of nitrogens with one attached hydrogen (secondary N) is 1. The number of carbonyl (C=O) groups excluding carboxylic acids is 1. The predicted molar refractivity (Wildman–Crippen MR) is 133 cm³/mol. The van der Waals surface area contributed by atoms with Crippen molar-refractivity contribution in [2.24, 2.45) is 0 Å². The summed E-state index contributed by atoms with van der Waals surface area (Å²) >= 11 is 6.47. The molecule has 1 N–H and O–H groups in total. The van der Waals surface area contributed by atoms with Crippen molar-refractivity contribution in [3.05, 3.63) is 94.1 Å². The highest BCUT2D eigenvalue weighted by Gasteiger charge is 2.43. The van der Waals surface area contributed by atoms with Crippen LogP contribution in [0.1, 0.15) is 33.2 Å². The number of H-pyrrole nitrogens is 1. The Kier molecular flexibility index (Phi) is 6.09. The molecule has 3 aromatic carbocycles. The van der Waals surface area contributed by atoms with Crippen LogP contribution >= 0.6 is 11.6 Å². The normalized spacial score (nSPS) is 14.7. The molecule has 1 aliphatic rings. The molecule has 0 radical (unpaired) electrons. The Morgan fingerprint density at radius 3 is 2.34 bits per heavy atom. The van der Waals surface area contributed by atoms with Gasteiger partial charge in [-0.3, -0.25) is 9.89 Å². The Bertz CT molecular complexity index is 1380. The van der Waals surface area contributed by atoms with Gasteiger partial charge in [-0.25, -0.2) is 0 Å². The van der Waals surface area contributed by atoms with Crippen molar-refractivity contribution in [2.75, 3.05) is 21.3 Å². The molecule has 0 bridgehead atoms. The van der Waals surface area contributed by atoms with Gasteiger partial charge in [0.2, 0.25) is 0 Å². The summed E-state index contributed by atoms with van der Waals surface area (Å²) in [6.45, 7) is 0.322. The minimum Gasteiger partial charge on any atom is -0.497 e. The number of benzene rings is 3. The molecule has 5 rings (SSSR count). The lowest BCUT2D eigenvalue weighted by Crippen LogP contribution is -2.29. The zero-order valence-electron chi connectivity index (χ0n) is 19.5. The first-order valence-electron chi connectivity index (χ1n) is 11.0. The Morgan fingerprint density at radius 1 is 0.943 bits per heavy atom. The molecule has 35 heavy (non-hydrogen) atoms. The quantitative estimate of drug-likeness (QED) is 0.371. The van der Waals surface area contributed by atoms with Crippen molar-refractivity contribution in [1.29, 1.82) is 0 Å². The number of amides is 1. The molecule has 1 aromatic heterocycles. The second-order valence-corrected chi connectivity index (χ2v) is 8.53. The van der Waals surface area contributed by atoms with Crippen LogP contribution in [0.4, 0.5) is 0 Å². The van der Waals surface area contributed by atoms with Gasteiger partial charge in [0.1, 0.15) is 22.9 Å². The van der Waals surface area contributed by atoms with Gasteiger partial charge in [0.15, 0.2) is 0 Å². The number of hydrogen-bond donors (Lipinski definition) is 1. The van der Waals surface area contributed by atoms with E-state index < -0.39 is 6.04 Å². The van der Waals surface area contributed by atoms with Crippen molar-refractivity contribution in [2.45, 2.75) is 12.6 Å². The Balaban J connectivity index is 1.68. The second-order valence-electron chi connectivity index (χ2n) is 8.12. The van der Waals surface area contributed by atoms with E-state index in [2.05, 4.69) is 10.2 Å². The molecular formula is C27H24ClN3O4. The summed E-state index contributed by atoms with van der Waals surface area (Å²) in [6.07, 6.45) is 0. The van der Waals surface area contributed by atoms with E-state index in [0.29, 0.717) is 34.5 Å². The highest BCUT2D eigenvalue weighted by molar-refractivity contribution is 6.31. The number of fused-ring (bicyclic) bond motifs is 1. The van der Waals surface area contributed by atoms with E-state index in [-0.39, 0.29) is 5.91 Å². The summed E-state index contributed by atoms with van der Waals surface area (Å²) in [5, 5.41) is 8.12. The number of aromatic amines is 1. The van der Waals surface area contributed by atoms with Crippen molar-refractivity contribution in [1.82, 2.24) is 15.1 Å². The van der Waals surface area contributed by atoms with Crippen molar-refractivity contribution in [3.8, 4) is 28.5 Å². The van der Waals surface area contributed by atoms with Crippen LogP contribution in [-0.2, 0) is 6.54 Å². The molecule has 0 fully saturated rings. The number of carbonyl (C=O) groups is 1. The summed E-state index contributed by atoms with van der Waals surface area (Å²) in [6, 6.07) is 20.3. The Labute approximate surface area is 208 Å². The zero-order valence-corrected chi connectivity index (χ0v) is 20.3. The van der Waals surface area contributed by atoms with Crippen molar-refractivity contribution in [3.63, 3.8) is 0 Å². The van der Waals surface area contributed by atoms with Crippen LogP contribution in [0.15, 0.2) is 66.7 Å². The maximum absolute atomic E-state index is 13.7. The standard InChI is InChI=1S/C27H24ClN3O4/c1-33-18-10-8-16(9-11-18)24-23-25(30-29-24)27(32)31(15-17-6-4-5-7-21(17)28)26(23)20-13-12-19(34-2)14-22(20)35-3/h4-14,26H,15H2,1-3H3,(H,29,30). The molecule has 0 saturated heterocycles. The largest absolute Gasteiger partial charge is 0.497 e. The highest BCUT2D eigenvalue weighted by Crippen LogP contribution is 2.47. The fourth-order valence-corrected chi connectivity index (χ4v) is 4.70. The average Bonchev–Trinajstić information content (AvgIpc) is 3.44. The van der Waals surface area contributed by atoms with Gasteiger partial charge >= 0.3 is 0 Å². The molecule has 1 amide bonds. The topological polar surface area (TPSA) is 76.7 Å². The number of rotatable bonds is 7. The zero-order chi connectivity index (χ0) is 24.5. The molecule has 2 heterocycles. The molecule has 4 aromatic rings. The van der Waals surface area contributed by atoms with Gasteiger partial charge in [-0.1, -0.05) is 29.8 Å². The summed E-state index contributed by atoms with van der Waals surface area (Å²) in [5.74, 6) is 1.86. The number of nitrogens with zero attached hydrogens (tertiary/aromatic N) is 2. The SMILES string of the molecule is COc1ccc(-c2n[nH]c3c2C(c2ccc(OC)cc2OC)N(Cc2ccccc2Cl)C3=O)cc1. The van der Waals surface area contributed by atoms with Crippen LogP contribution in [-0.4, -0.2) is 42.3 Å². The molecule has 8 heteroatoms. The monoisotopic (exact) mass is 489 g/mol. The van der Waals surface area contributed by atoms with Crippen LogP contribution < -0.4 is 14.2 Å². The molecular weight excluding hydrogens is 466 g/mol. The molecule has 0 spiro atoms. The lowest BCUT2D eigenvalue weighted by Gasteiger charge is -2.28. The van der Waals surface area contributed by atoms with E-state index in [9.17, 15) is 4.79 Å². The first-order chi connectivity index (χ1) is 17.0. The molecule has 0 saturated carbocycles. The number of halogens is 1. The van der Waals surface area contributed by atoms with Crippen LogP contribution in [0.3, 0.4) is 0 Å². The first-order valence-corrected chi connectivity index (χ1v) is 11.4. The molecule has 7 nitrogen and oxygen atoms in total. The lowest BCUT2D eigenvalue weighted by atomic mass is 9.95. The summed E-state index contributed by atoms with van der Waals surface area (Å²) in [7, 11) is 4.83. The van der Waals surface area contributed by atoms with E-state index in [1.165, 1.54) is 0 Å². The van der Waals surface area contributed by atoms with Crippen LogP contribution in [0.2, 0.25) is 5.02 Å². The third-order valence-corrected chi connectivity index (χ3v) is 6.63. The number of ether oxygens (including phenoxy) is 3. The predicted octanol–water partition coefficient (Wildman–Crippen LogP) is 5.50. The van der Waals surface area contributed by atoms with E-state index in [1.54, 1.807) is 26.2 Å². The minimum absolute atomic E-state index is 0.157. The van der Waals surface area contributed by atoms with Gasteiger partial charge in [-0.15, -0.1) is 0 Å². The fourth-order valence-electron chi connectivity index (χ4n) is 4.51. The van der Waals surface area contributed by atoms with E-state index in [4.69, 9.17) is 25.8 Å². The summed E-state index contributed by atoms with van der Waals surface area (Å²) < 4.78 is 16.4. The molecule has 1 aliphatic heterocycles. The molecule has 1 unspecified atom stereocenters. The number of hydrogen-bond acceptors (Lipinski definition) is 5. The average molecular weight is 490 g/mol. The Hall–Kier alpha value is -3.97. The van der Waals surface area contributed by atoms with Crippen molar-refractivity contribution < 1.29 is 19.0 Å². The van der Waals surface area contributed by atoms with Gasteiger partial charge in [0.05, 0.1) is 33.1 Å². The molecule has 1 atom stereocenters. The van der Waals surface area contributed by atoms with Crippen LogP contribution in [0.25, 0.3) is 11.3 Å². The smallest absolute Gasteiger partial charge is 0.273 e. The second kappa shape index (κ2) is 9.35. The summed E-state index contributed by atoms with van der Waals surface area (Å²) in [5.41, 5.74) is 4.47. The highest BCUT2D eigenvalue weighted by atomic mass is 35.5. The third kappa shape index (κ3) is 3.98. The van der Waals surface area contributed by atoms with E-state index in [1.807, 2.05) is 66.7 Å². The number of aromatic nitrogens is 2. The maximum Gasteiger partial charge on any atom is 0.273 e. The maximum atomic E-state index is 13.7. The van der Waals surface area contributed by atoms with E-state index in [0.717, 1.165) is 28.0 Å². The van der Waals surface area contributed by atoms with E-state index >= 15 is 0 Å². The lowest BCUT2D eigenvalue weighted by molar-refractivity contribution is 0.0728.